The van der Waals surface area contributed by atoms with Gasteiger partial charge in [-0.3, -0.25) is 0 Å². The Labute approximate surface area is 74.9 Å². The smallest absolute Gasteiger partial charge is 0.00949 e. The van der Waals surface area contributed by atoms with E-state index in [-0.39, 0.29) is 0 Å². The molecule has 0 N–H and O–H groups in total. The third kappa shape index (κ3) is 2.91. The Kier molecular flexibility index (Phi) is 3.59. The van der Waals surface area contributed by atoms with Gasteiger partial charge in [-0.1, -0.05) is 42.0 Å². The van der Waals surface area contributed by atoms with Crippen LogP contribution in [0.2, 0.25) is 0 Å². The molecule has 0 nitrogen and oxygen atoms in total. The van der Waals surface area contributed by atoms with Gasteiger partial charge in [0.05, 0.1) is 0 Å². The molecule has 1 aromatic rings. The molecule has 1 aromatic carbocycles. The maximum Gasteiger partial charge on any atom is -0.00949 e. The molecule has 12 heavy (non-hydrogen) atoms. The van der Waals surface area contributed by atoms with Gasteiger partial charge in [-0.15, -0.1) is 0 Å². The molecule has 63 valence electrons. The van der Waals surface area contributed by atoms with Gasteiger partial charge in [-0.2, -0.15) is 0 Å². The van der Waals surface area contributed by atoms with Gasteiger partial charge in [0.2, 0.25) is 0 Å². The summed E-state index contributed by atoms with van der Waals surface area (Å²) in [5.74, 6) is 0. The second-order valence-electron chi connectivity index (χ2n) is 2.99. The highest BCUT2D eigenvalue weighted by Crippen LogP contribution is 2.04. The molecule has 0 bridgehead atoms. The van der Waals surface area contributed by atoms with Gasteiger partial charge in [-0.05, 0) is 32.3 Å². The van der Waals surface area contributed by atoms with E-state index in [1.54, 1.807) is 0 Å². The summed E-state index contributed by atoms with van der Waals surface area (Å²) in [4.78, 5) is 0. The summed E-state index contributed by atoms with van der Waals surface area (Å²) in [6.07, 6.45) is 4.18. The number of hydrogen-bond donors (Lipinski definition) is 0. The van der Waals surface area contributed by atoms with Crippen molar-refractivity contribution in [2.24, 2.45) is 0 Å². The number of rotatable bonds is 3. The molecule has 0 aliphatic heterocycles. The lowest BCUT2D eigenvalue weighted by Crippen LogP contribution is -1.81. The highest BCUT2D eigenvalue weighted by atomic mass is 13.9. The van der Waals surface area contributed by atoms with E-state index in [4.69, 9.17) is 0 Å². The second-order valence-corrected chi connectivity index (χ2v) is 2.99. The molecule has 0 aliphatic rings. The minimum atomic E-state index is 0.910. The molecule has 1 rings (SSSR count). The van der Waals surface area contributed by atoms with Gasteiger partial charge in [-0.25, -0.2) is 0 Å². The van der Waals surface area contributed by atoms with Crippen LogP contribution in [0.25, 0.3) is 0 Å². The third-order valence-corrected chi connectivity index (χ3v) is 1.92. The topological polar surface area (TPSA) is 0 Å². The molecule has 0 aliphatic carbocycles. The number of allylic oxidation sites excluding steroid dienone is 2. The van der Waals surface area contributed by atoms with Crippen LogP contribution >= 0.6 is 0 Å². The van der Waals surface area contributed by atoms with E-state index in [1.807, 2.05) is 6.07 Å². The number of benzene rings is 1. The summed E-state index contributed by atoms with van der Waals surface area (Å²) in [5, 5.41) is 0. The van der Waals surface area contributed by atoms with Crippen LogP contribution in [-0.2, 0) is 6.42 Å². The Bertz CT molecular complexity index is 244. The molecule has 0 fully saturated rings. The van der Waals surface area contributed by atoms with E-state index in [0.29, 0.717) is 0 Å². The van der Waals surface area contributed by atoms with Crippen LogP contribution < -0.4 is 0 Å². The molecule has 0 saturated carbocycles. The lowest BCUT2D eigenvalue weighted by Gasteiger charge is -1.96. The molecule has 0 saturated heterocycles. The van der Waals surface area contributed by atoms with E-state index in [0.717, 1.165) is 12.8 Å². The zero-order valence-electron chi connectivity index (χ0n) is 7.59. The van der Waals surface area contributed by atoms with E-state index in [1.165, 1.54) is 11.1 Å². The molecule has 0 heteroatoms. The van der Waals surface area contributed by atoms with Crippen LogP contribution in [0.4, 0.5) is 0 Å². The Hall–Kier alpha value is -1.04. The molecule has 0 unspecified atom stereocenters. The predicted octanol–water partition coefficient (Wildman–Crippen LogP) is 3.40. The van der Waals surface area contributed by atoms with Crippen molar-refractivity contribution in [3.8, 4) is 0 Å². The average molecular weight is 159 g/mol. The van der Waals surface area contributed by atoms with Crippen molar-refractivity contribution >= 4 is 0 Å². The minimum Gasteiger partial charge on any atom is -0.0812 e. The van der Waals surface area contributed by atoms with Crippen molar-refractivity contribution in [1.82, 2.24) is 0 Å². The fourth-order valence-corrected chi connectivity index (χ4v) is 1.01. The van der Waals surface area contributed by atoms with Gasteiger partial charge in [0.1, 0.15) is 0 Å². The summed E-state index contributed by atoms with van der Waals surface area (Å²) >= 11 is 0. The maximum absolute atomic E-state index is 3.83. The molecule has 0 spiro atoms. The van der Waals surface area contributed by atoms with Crippen molar-refractivity contribution in [3.63, 3.8) is 0 Å². The van der Waals surface area contributed by atoms with Gasteiger partial charge >= 0.3 is 0 Å². The van der Waals surface area contributed by atoms with Crippen molar-refractivity contribution in [2.75, 3.05) is 0 Å². The van der Waals surface area contributed by atoms with E-state index < -0.39 is 0 Å². The standard InChI is InChI=1S/C12H15/c1-3-11(2)9-10-12-7-5-4-6-8-12/h4-9H,1,3,10H2,2H3. The fraction of sp³-hybridized carbons (Fsp3) is 0.250. The summed E-state index contributed by atoms with van der Waals surface area (Å²) in [6, 6.07) is 10.5. The van der Waals surface area contributed by atoms with Gasteiger partial charge < -0.3 is 0 Å². The maximum atomic E-state index is 3.83. The monoisotopic (exact) mass is 159 g/mol. The quantitative estimate of drug-likeness (QED) is 0.593. The molecule has 0 amide bonds. The van der Waals surface area contributed by atoms with E-state index >= 15 is 0 Å². The zero-order chi connectivity index (χ0) is 8.81. The minimum absolute atomic E-state index is 0.910. The van der Waals surface area contributed by atoms with Crippen LogP contribution in [0, 0.1) is 6.92 Å². The third-order valence-electron chi connectivity index (χ3n) is 1.92. The molecular weight excluding hydrogens is 144 g/mol. The Morgan fingerprint density at radius 2 is 2.00 bits per heavy atom. The highest BCUT2D eigenvalue weighted by molar-refractivity contribution is 5.18. The number of hydrogen-bond acceptors (Lipinski definition) is 0. The molecular formula is C12H15. The summed E-state index contributed by atoms with van der Waals surface area (Å²) in [6.45, 7) is 5.95. The van der Waals surface area contributed by atoms with Crippen LogP contribution in [-0.4, -0.2) is 0 Å². The van der Waals surface area contributed by atoms with Crippen LogP contribution in [0.3, 0.4) is 0 Å². The SMILES string of the molecule is [CH2]CC(C)=CCc1ccccc1. The van der Waals surface area contributed by atoms with Crippen molar-refractivity contribution in [2.45, 2.75) is 19.8 Å². The first-order chi connectivity index (χ1) is 5.83. The molecule has 0 atom stereocenters. The van der Waals surface area contributed by atoms with Crippen LogP contribution in [0.1, 0.15) is 18.9 Å². The first kappa shape index (κ1) is 9.05. The average Bonchev–Trinajstić information content (AvgIpc) is 2.16. The van der Waals surface area contributed by atoms with Crippen LogP contribution in [0.5, 0.6) is 0 Å². The first-order valence-electron chi connectivity index (χ1n) is 4.31. The highest BCUT2D eigenvalue weighted by Gasteiger charge is 1.87. The lowest BCUT2D eigenvalue weighted by molar-refractivity contribution is 1.14. The van der Waals surface area contributed by atoms with Crippen molar-refractivity contribution < 1.29 is 0 Å². The van der Waals surface area contributed by atoms with Gasteiger partial charge in [0.25, 0.3) is 0 Å². The largest absolute Gasteiger partial charge is 0.0812 e. The van der Waals surface area contributed by atoms with E-state index in [2.05, 4.69) is 44.2 Å². The molecule has 1 radical (unpaired) electrons. The Morgan fingerprint density at radius 3 is 2.58 bits per heavy atom. The Morgan fingerprint density at radius 1 is 1.33 bits per heavy atom. The van der Waals surface area contributed by atoms with Crippen molar-refractivity contribution in [3.05, 3.63) is 54.5 Å². The normalized spacial score (nSPS) is 11.7. The molecule has 0 heterocycles. The summed E-state index contributed by atoms with van der Waals surface area (Å²) in [7, 11) is 0. The zero-order valence-corrected chi connectivity index (χ0v) is 7.59. The first-order valence-corrected chi connectivity index (χ1v) is 4.31. The summed E-state index contributed by atoms with van der Waals surface area (Å²) in [5.41, 5.74) is 2.73. The predicted molar refractivity (Wildman–Crippen MR) is 53.9 cm³/mol. The molecule has 0 aromatic heterocycles. The van der Waals surface area contributed by atoms with Crippen LogP contribution in [0.15, 0.2) is 42.0 Å². The van der Waals surface area contributed by atoms with Crippen molar-refractivity contribution in [1.29, 1.82) is 0 Å². The second kappa shape index (κ2) is 4.76. The fourth-order valence-electron chi connectivity index (χ4n) is 1.01. The van der Waals surface area contributed by atoms with Gasteiger partial charge in [0, 0.05) is 0 Å². The van der Waals surface area contributed by atoms with Gasteiger partial charge in [0.15, 0.2) is 0 Å². The summed E-state index contributed by atoms with van der Waals surface area (Å²) < 4.78 is 0. The Balaban J connectivity index is 2.54. The lowest BCUT2D eigenvalue weighted by atomic mass is 10.1. The van der Waals surface area contributed by atoms with E-state index in [9.17, 15) is 0 Å².